The van der Waals surface area contributed by atoms with Gasteiger partial charge in [0.05, 0.1) is 21.3 Å². The van der Waals surface area contributed by atoms with E-state index >= 15 is 0 Å². The smallest absolute Gasteiger partial charge is 0.268 e. The molecule has 0 unspecified atom stereocenters. The number of benzene rings is 2. The van der Waals surface area contributed by atoms with Gasteiger partial charge in [-0.25, -0.2) is 9.88 Å². The Morgan fingerprint density at radius 3 is 2.58 bits per heavy atom. The van der Waals surface area contributed by atoms with Crippen molar-refractivity contribution in [1.82, 2.24) is 4.98 Å². The fourth-order valence-corrected chi connectivity index (χ4v) is 3.61. The molecule has 0 spiro atoms. The maximum absolute atomic E-state index is 12.7. The number of carbonyl (C=O) groups excluding carboxylic acids is 3. The van der Waals surface area contributed by atoms with Gasteiger partial charge in [0, 0.05) is 12.6 Å². The van der Waals surface area contributed by atoms with Crippen molar-refractivity contribution in [1.29, 1.82) is 0 Å². The van der Waals surface area contributed by atoms with Gasteiger partial charge in [-0.15, -0.1) is 0 Å². The first kappa shape index (κ1) is 14.5. The topological polar surface area (TPSA) is 79.4 Å². The molecule has 0 saturated heterocycles. The number of anilines is 2. The first-order chi connectivity index (χ1) is 11.5. The van der Waals surface area contributed by atoms with E-state index in [2.05, 4.69) is 10.3 Å². The van der Waals surface area contributed by atoms with Crippen LogP contribution in [0.5, 0.6) is 0 Å². The van der Waals surface area contributed by atoms with Gasteiger partial charge in [0.2, 0.25) is 11.0 Å². The van der Waals surface area contributed by atoms with E-state index in [9.17, 15) is 14.4 Å². The summed E-state index contributed by atoms with van der Waals surface area (Å²) >= 11 is 1.29. The fourth-order valence-electron chi connectivity index (χ4n) is 2.65. The van der Waals surface area contributed by atoms with Crippen molar-refractivity contribution in [2.45, 2.75) is 6.92 Å². The number of para-hydroxylation sites is 1. The molecule has 7 heteroatoms. The largest absolute Gasteiger partial charge is 0.326 e. The van der Waals surface area contributed by atoms with Gasteiger partial charge in [-0.3, -0.25) is 14.4 Å². The van der Waals surface area contributed by atoms with E-state index in [1.165, 1.54) is 24.3 Å². The van der Waals surface area contributed by atoms with Gasteiger partial charge in [-0.2, -0.15) is 0 Å². The molecule has 3 aromatic rings. The normalized spacial score (nSPS) is 13.5. The lowest BCUT2D eigenvalue weighted by Gasteiger charge is -2.08. The second-order valence-corrected chi connectivity index (χ2v) is 6.36. The van der Waals surface area contributed by atoms with Crippen molar-refractivity contribution >= 4 is 50.1 Å². The number of fused-ring (bicyclic) bond motifs is 2. The number of hydrogen-bond donors (Lipinski definition) is 1. The number of nitrogens with zero attached hydrogens (tertiary/aromatic N) is 2. The zero-order valence-electron chi connectivity index (χ0n) is 12.6. The molecule has 2 heterocycles. The van der Waals surface area contributed by atoms with E-state index in [1.54, 1.807) is 12.1 Å². The quantitative estimate of drug-likeness (QED) is 0.729. The van der Waals surface area contributed by atoms with Crippen LogP contribution in [0.4, 0.5) is 10.8 Å². The molecule has 1 N–H and O–H groups in total. The summed E-state index contributed by atoms with van der Waals surface area (Å²) in [5.41, 5.74) is 1.81. The summed E-state index contributed by atoms with van der Waals surface area (Å²) in [5.74, 6) is -1.07. The predicted octanol–water partition coefficient (Wildman–Crippen LogP) is 3.06. The second-order valence-electron chi connectivity index (χ2n) is 5.35. The van der Waals surface area contributed by atoms with Crippen LogP contribution in [0.1, 0.15) is 27.6 Å². The molecule has 3 amide bonds. The summed E-state index contributed by atoms with van der Waals surface area (Å²) in [6.45, 7) is 1.38. The predicted molar refractivity (Wildman–Crippen MR) is 91.5 cm³/mol. The monoisotopic (exact) mass is 337 g/mol. The zero-order chi connectivity index (χ0) is 16.8. The highest BCUT2D eigenvalue weighted by Gasteiger charge is 2.38. The minimum Gasteiger partial charge on any atom is -0.326 e. The van der Waals surface area contributed by atoms with Crippen molar-refractivity contribution in [2.75, 3.05) is 10.2 Å². The highest BCUT2D eigenvalue weighted by atomic mass is 32.1. The number of amides is 3. The maximum Gasteiger partial charge on any atom is 0.268 e. The van der Waals surface area contributed by atoms with Crippen LogP contribution in [0.15, 0.2) is 42.5 Å². The molecular formula is C17H11N3O3S. The Bertz CT molecular complexity index is 992. The minimum absolute atomic E-state index is 0.241. The van der Waals surface area contributed by atoms with Crippen molar-refractivity contribution in [3.8, 4) is 0 Å². The molecule has 0 fully saturated rings. The standard InChI is InChI=1S/C17H11N3O3S/c1-9(21)18-10-6-7-11-12(8-10)16(23)20(15(11)22)17-19-13-4-2-3-5-14(13)24-17/h2-8H,1H3,(H,18,21). The Hall–Kier alpha value is -3.06. The van der Waals surface area contributed by atoms with Crippen molar-refractivity contribution < 1.29 is 14.4 Å². The molecule has 4 rings (SSSR count). The molecule has 0 radical (unpaired) electrons. The number of imide groups is 1. The molecular weight excluding hydrogens is 326 g/mol. The molecule has 118 valence electrons. The highest BCUT2D eigenvalue weighted by Crippen LogP contribution is 2.35. The van der Waals surface area contributed by atoms with Crippen LogP contribution in [-0.2, 0) is 4.79 Å². The molecule has 1 aliphatic heterocycles. The first-order valence-electron chi connectivity index (χ1n) is 7.20. The van der Waals surface area contributed by atoms with Gasteiger partial charge in [0.15, 0.2) is 0 Å². The summed E-state index contributed by atoms with van der Waals surface area (Å²) in [5, 5.41) is 2.96. The van der Waals surface area contributed by atoms with Crippen LogP contribution in [0, 0.1) is 0 Å². The highest BCUT2D eigenvalue weighted by molar-refractivity contribution is 7.22. The van der Waals surface area contributed by atoms with Crippen LogP contribution in [0.2, 0.25) is 0 Å². The van der Waals surface area contributed by atoms with Gasteiger partial charge in [-0.05, 0) is 30.3 Å². The SMILES string of the molecule is CC(=O)Nc1ccc2c(c1)C(=O)N(c1nc3ccccc3s1)C2=O. The zero-order valence-corrected chi connectivity index (χ0v) is 13.4. The average Bonchev–Trinajstić information content (AvgIpc) is 3.06. The van der Waals surface area contributed by atoms with Crippen molar-refractivity contribution in [2.24, 2.45) is 0 Å². The molecule has 0 aliphatic carbocycles. The van der Waals surface area contributed by atoms with E-state index in [0.717, 1.165) is 15.1 Å². The number of thiazole rings is 1. The summed E-state index contributed by atoms with van der Waals surface area (Å²) < 4.78 is 0.906. The molecule has 0 atom stereocenters. The second kappa shape index (κ2) is 5.24. The maximum atomic E-state index is 12.7. The Labute approximate surface area is 140 Å². The van der Waals surface area contributed by atoms with Crippen LogP contribution >= 0.6 is 11.3 Å². The lowest BCUT2D eigenvalue weighted by atomic mass is 10.1. The van der Waals surface area contributed by atoms with E-state index in [1.807, 2.05) is 24.3 Å². The molecule has 0 bridgehead atoms. The number of nitrogens with one attached hydrogen (secondary N) is 1. The first-order valence-corrected chi connectivity index (χ1v) is 8.02. The number of hydrogen-bond acceptors (Lipinski definition) is 5. The third-order valence-corrected chi connectivity index (χ3v) is 4.70. The van der Waals surface area contributed by atoms with Gasteiger partial charge in [0.1, 0.15) is 0 Å². The van der Waals surface area contributed by atoms with Crippen LogP contribution < -0.4 is 10.2 Å². The van der Waals surface area contributed by atoms with Crippen LogP contribution in [0.3, 0.4) is 0 Å². The van der Waals surface area contributed by atoms with Gasteiger partial charge in [-0.1, -0.05) is 23.5 Å². The number of rotatable bonds is 2. The van der Waals surface area contributed by atoms with Crippen molar-refractivity contribution in [3.05, 3.63) is 53.6 Å². The summed E-state index contributed by atoms with van der Waals surface area (Å²) in [4.78, 5) is 41.9. The third-order valence-electron chi connectivity index (χ3n) is 3.68. The molecule has 24 heavy (non-hydrogen) atoms. The minimum atomic E-state index is -0.429. The Balaban J connectivity index is 1.77. The fraction of sp³-hybridized carbons (Fsp3) is 0.0588. The van der Waals surface area contributed by atoms with Crippen LogP contribution in [0.25, 0.3) is 10.2 Å². The third kappa shape index (κ3) is 2.17. The van der Waals surface area contributed by atoms with E-state index in [4.69, 9.17) is 0 Å². The molecule has 1 aliphatic rings. The molecule has 2 aromatic carbocycles. The van der Waals surface area contributed by atoms with E-state index < -0.39 is 11.8 Å². The Morgan fingerprint density at radius 2 is 1.83 bits per heavy atom. The van der Waals surface area contributed by atoms with E-state index in [-0.39, 0.29) is 11.5 Å². The Kier molecular flexibility index (Phi) is 3.17. The lowest BCUT2D eigenvalue weighted by molar-refractivity contribution is -0.114. The summed E-state index contributed by atoms with van der Waals surface area (Å²) in [7, 11) is 0. The summed E-state index contributed by atoms with van der Waals surface area (Å²) in [6.07, 6.45) is 0. The number of aromatic nitrogens is 1. The molecule has 6 nitrogen and oxygen atoms in total. The average molecular weight is 337 g/mol. The van der Waals surface area contributed by atoms with Crippen molar-refractivity contribution in [3.63, 3.8) is 0 Å². The van der Waals surface area contributed by atoms with E-state index in [0.29, 0.717) is 16.4 Å². The van der Waals surface area contributed by atoms with Gasteiger partial charge in [0.25, 0.3) is 11.8 Å². The summed E-state index contributed by atoms with van der Waals surface area (Å²) in [6, 6.07) is 12.1. The van der Waals surface area contributed by atoms with Crippen LogP contribution in [-0.4, -0.2) is 22.7 Å². The molecule has 0 saturated carbocycles. The Morgan fingerprint density at radius 1 is 1.08 bits per heavy atom. The molecule has 1 aromatic heterocycles. The van der Waals surface area contributed by atoms with Gasteiger partial charge < -0.3 is 5.32 Å². The number of carbonyl (C=O) groups is 3. The lowest BCUT2D eigenvalue weighted by Crippen LogP contribution is -2.29. The van der Waals surface area contributed by atoms with Gasteiger partial charge >= 0.3 is 0 Å².